The Morgan fingerprint density at radius 2 is 2.11 bits per heavy atom. The molecule has 0 saturated carbocycles. The Morgan fingerprint density at radius 1 is 1.33 bits per heavy atom. The molecule has 0 aliphatic rings. The second kappa shape index (κ2) is 9.57. The highest BCUT2D eigenvalue weighted by Crippen LogP contribution is 2.21. The van der Waals surface area contributed by atoms with Crippen LogP contribution in [-0.2, 0) is 10.4 Å². The first-order chi connectivity index (χ1) is 12.8. The third kappa shape index (κ3) is 6.41. The first-order valence-corrected chi connectivity index (χ1v) is 9.45. The van der Waals surface area contributed by atoms with E-state index in [1.54, 1.807) is 19.1 Å². The van der Waals surface area contributed by atoms with Crippen molar-refractivity contribution in [2.45, 2.75) is 26.4 Å². The van der Waals surface area contributed by atoms with Crippen LogP contribution < -0.4 is 16.0 Å². The lowest BCUT2D eigenvalue weighted by Gasteiger charge is -2.22. The van der Waals surface area contributed by atoms with E-state index < -0.39 is 5.60 Å². The summed E-state index contributed by atoms with van der Waals surface area (Å²) in [5.74, 6) is 0.658. The van der Waals surface area contributed by atoms with Gasteiger partial charge in [0.25, 0.3) is 0 Å². The largest absolute Gasteiger partial charge is 0.466 e. The number of rotatable bonds is 7. The number of hydrogen-bond acceptors (Lipinski definition) is 4. The molecule has 0 bridgehead atoms. The van der Waals surface area contributed by atoms with Crippen molar-refractivity contribution < 1.29 is 14.3 Å². The summed E-state index contributed by atoms with van der Waals surface area (Å²) in [6, 6.07) is 9.12. The van der Waals surface area contributed by atoms with Crippen molar-refractivity contribution in [3.63, 3.8) is 0 Å². The van der Waals surface area contributed by atoms with E-state index >= 15 is 0 Å². The maximum atomic E-state index is 12.2. The van der Waals surface area contributed by atoms with E-state index in [4.69, 9.17) is 4.42 Å². The third-order valence-corrected chi connectivity index (χ3v) is 4.34. The number of carbonyl (C=O) groups excluding carboxylic acids is 1. The van der Waals surface area contributed by atoms with Crippen LogP contribution in [0.4, 0.5) is 5.69 Å². The Balaban J connectivity index is 1.96. The molecule has 1 unspecified atom stereocenters. The van der Waals surface area contributed by atoms with Gasteiger partial charge in [-0.05, 0) is 50.6 Å². The smallest absolute Gasteiger partial charge is 0.246 e. The van der Waals surface area contributed by atoms with Gasteiger partial charge in [0.05, 0.1) is 12.8 Å². The molecule has 0 aliphatic carbocycles. The monoisotopic (exact) mass is 436 g/mol. The highest BCUT2D eigenvalue weighted by molar-refractivity contribution is 9.10. The van der Waals surface area contributed by atoms with E-state index in [1.807, 2.05) is 32.0 Å². The zero-order valence-corrected chi connectivity index (χ0v) is 17.3. The van der Waals surface area contributed by atoms with Gasteiger partial charge in [-0.25, -0.2) is 4.99 Å². The highest BCUT2D eigenvalue weighted by atomic mass is 79.9. The number of benzene rings is 1. The normalized spacial score (nSPS) is 13.7. The average molecular weight is 437 g/mol. The molecule has 4 N–H and O–H groups in total. The summed E-state index contributed by atoms with van der Waals surface area (Å²) in [4.78, 5) is 16.5. The van der Waals surface area contributed by atoms with E-state index in [1.165, 1.54) is 6.26 Å². The quantitative estimate of drug-likeness (QED) is 0.395. The van der Waals surface area contributed by atoms with Crippen LogP contribution in [0.15, 0.2) is 50.5 Å². The molecule has 8 heteroatoms. The molecule has 2 aromatic rings. The maximum absolute atomic E-state index is 12.2. The second-order valence-electron chi connectivity index (χ2n) is 6.31. The number of aliphatic imine (C=N–C) groups is 1. The highest BCUT2D eigenvalue weighted by Gasteiger charge is 2.26. The molecule has 0 aliphatic heterocycles. The minimum absolute atomic E-state index is 0.0514. The van der Waals surface area contributed by atoms with Gasteiger partial charge in [0.15, 0.2) is 5.96 Å². The molecular formula is C19H25BrN4O3. The van der Waals surface area contributed by atoms with Crippen molar-refractivity contribution in [1.82, 2.24) is 10.6 Å². The fraction of sp³-hybridized carbons (Fsp3) is 0.368. The van der Waals surface area contributed by atoms with Gasteiger partial charge in [-0.3, -0.25) is 4.79 Å². The lowest BCUT2D eigenvalue weighted by Crippen LogP contribution is -2.44. The molecule has 1 atom stereocenters. The van der Waals surface area contributed by atoms with Gasteiger partial charge in [-0.15, -0.1) is 0 Å². The topological polar surface area (TPSA) is 98.9 Å². The van der Waals surface area contributed by atoms with Crippen LogP contribution >= 0.6 is 15.9 Å². The van der Waals surface area contributed by atoms with Crippen LogP contribution in [0.25, 0.3) is 0 Å². The molecule has 2 rings (SSSR count). The third-order valence-electron chi connectivity index (χ3n) is 3.85. The summed E-state index contributed by atoms with van der Waals surface area (Å²) in [7, 11) is 0. The first kappa shape index (κ1) is 21.0. The van der Waals surface area contributed by atoms with Gasteiger partial charge in [0.1, 0.15) is 17.9 Å². The summed E-state index contributed by atoms with van der Waals surface area (Å²) < 4.78 is 6.15. The minimum atomic E-state index is -1.20. The van der Waals surface area contributed by atoms with Crippen molar-refractivity contribution in [3.05, 3.63) is 52.4 Å². The molecular weight excluding hydrogens is 412 g/mol. The zero-order chi connectivity index (χ0) is 19.9. The summed E-state index contributed by atoms with van der Waals surface area (Å²) in [5, 5.41) is 19.4. The van der Waals surface area contributed by atoms with Crippen molar-refractivity contribution in [2.75, 3.05) is 25.0 Å². The van der Waals surface area contributed by atoms with Crippen LogP contribution in [0.5, 0.6) is 0 Å². The van der Waals surface area contributed by atoms with Crippen molar-refractivity contribution >= 4 is 33.5 Å². The van der Waals surface area contributed by atoms with Crippen molar-refractivity contribution in [3.8, 4) is 0 Å². The molecule has 27 heavy (non-hydrogen) atoms. The summed E-state index contributed by atoms with van der Waals surface area (Å²) in [6.07, 6.45) is 1.51. The molecule has 0 radical (unpaired) electrons. The Labute approximate surface area is 167 Å². The Kier molecular flexibility index (Phi) is 7.44. The van der Waals surface area contributed by atoms with Crippen LogP contribution in [-0.4, -0.2) is 36.6 Å². The number of aryl methyl sites for hydroxylation is 1. The van der Waals surface area contributed by atoms with Crippen LogP contribution in [0.1, 0.15) is 25.2 Å². The Hall–Kier alpha value is -2.32. The van der Waals surface area contributed by atoms with Gasteiger partial charge in [0.2, 0.25) is 5.91 Å². The standard InChI is InChI=1S/C19H25BrN4O3/c1-4-21-18(23-12-19(3,26)16-6-5-9-27-16)22-11-17(25)24-15-10-14(20)8-7-13(15)2/h5-10,26H,4,11-12H2,1-3H3,(H,24,25)(H2,21,22,23). The van der Waals surface area contributed by atoms with Gasteiger partial charge < -0.3 is 25.5 Å². The Morgan fingerprint density at radius 3 is 2.78 bits per heavy atom. The molecule has 0 saturated heterocycles. The van der Waals surface area contributed by atoms with Gasteiger partial charge in [0, 0.05) is 16.7 Å². The number of aliphatic hydroxyl groups is 1. The van der Waals surface area contributed by atoms with Gasteiger partial charge >= 0.3 is 0 Å². The summed E-state index contributed by atoms with van der Waals surface area (Å²) in [6.45, 7) is 6.25. The molecule has 0 spiro atoms. The summed E-state index contributed by atoms with van der Waals surface area (Å²) in [5.41, 5.74) is 0.508. The van der Waals surface area contributed by atoms with Crippen LogP contribution in [0.3, 0.4) is 0 Å². The molecule has 0 fully saturated rings. The van der Waals surface area contributed by atoms with Crippen LogP contribution in [0, 0.1) is 6.92 Å². The molecule has 1 heterocycles. The predicted octanol–water partition coefficient (Wildman–Crippen LogP) is 2.75. The first-order valence-electron chi connectivity index (χ1n) is 8.66. The molecule has 7 nitrogen and oxygen atoms in total. The lowest BCUT2D eigenvalue weighted by atomic mass is 10.0. The van der Waals surface area contributed by atoms with Gasteiger partial charge in [-0.1, -0.05) is 22.0 Å². The summed E-state index contributed by atoms with van der Waals surface area (Å²) >= 11 is 3.39. The number of guanidine groups is 1. The number of hydrogen-bond donors (Lipinski definition) is 4. The number of nitrogens with zero attached hydrogens (tertiary/aromatic N) is 1. The second-order valence-corrected chi connectivity index (χ2v) is 7.22. The Bertz CT molecular complexity index is 788. The fourth-order valence-electron chi connectivity index (χ4n) is 2.34. The number of halogens is 1. The average Bonchev–Trinajstić information content (AvgIpc) is 3.16. The van der Waals surface area contributed by atoms with E-state index in [0.29, 0.717) is 18.3 Å². The number of amides is 1. The van der Waals surface area contributed by atoms with Crippen molar-refractivity contribution in [2.24, 2.45) is 4.99 Å². The number of furan rings is 1. The minimum Gasteiger partial charge on any atom is -0.466 e. The molecule has 146 valence electrons. The lowest BCUT2D eigenvalue weighted by molar-refractivity contribution is -0.114. The SMILES string of the molecule is CCNC(=NCC(=O)Nc1cc(Br)ccc1C)NCC(C)(O)c1ccco1. The predicted molar refractivity (Wildman–Crippen MR) is 110 cm³/mol. The van der Waals surface area contributed by atoms with E-state index in [0.717, 1.165) is 15.7 Å². The number of carbonyl (C=O) groups is 1. The molecule has 1 aromatic carbocycles. The molecule has 1 aromatic heterocycles. The van der Waals surface area contributed by atoms with E-state index in [9.17, 15) is 9.90 Å². The maximum Gasteiger partial charge on any atom is 0.246 e. The van der Waals surface area contributed by atoms with E-state index in [2.05, 4.69) is 36.9 Å². The fourth-order valence-corrected chi connectivity index (χ4v) is 2.70. The van der Waals surface area contributed by atoms with Gasteiger partial charge in [-0.2, -0.15) is 0 Å². The number of nitrogens with one attached hydrogen (secondary N) is 3. The zero-order valence-electron chi connectivity index (χ0n) is 15.7. The van der Waals surface area contributed by atoms with Crippen molar-refractivity contribution in [1.29, 1.82) is 0 Å². The van der Waals surface area contributed by atoms with Crippen LogP contribution in [0.2, 0.25) is 0 Å². The van der Waals surface area contributed by atoms with E-state index in [-0.39, 0.29) is 19.0 Å². The number of anilines is 1. The molecule has 1 amide bonds.